The molecule has 17 heavy (non-hydrogen) atoms. The zero-order chi connectivity index (χ0) is 12.7. The van der Waals surface area contributed by atoms with E-state index < -0.39 is 0 Å². The molecule has 0 saturated carbocycles. The fraction of sp³-hybridized carbons (Fsp3) is 0.167. The van der Waals surface area contributed by atoms with Crippen molar-refractivity contribution in [3.8, 4) is 0 Å². The summed E-state index contributed by atoms with van der Waals surface area (Å²) in [6.07, 6.45) is 4.98. The van der Waals surface area contributed by atoms with Crippen molar-refractivity contribution in [2.45, 2.75) is 13.8 Å². The molecule has 0 aliphatic rings. The van der Waals surface area contributed by atoms with Gasteiger partial charge in [0, 0.05) is 23.8 Å². The van der Waals surface area contributed by atoms with Crippen LogP contribution in [-0.4, -0.2) is 19.9 Å². The normalized spacial score (nSPS) is 9.12. The molecule has 2 rings (SSSR count). The van der Waals surface area contributed by atoms with Gasteiger partial charge in [-0.25, -0.2) is 19.9 Å². The lowest BCUT2D eigenvalue weighted by atomic mass is 10.4. The Balaban J connectivity index is 0.000000171. The number of halogens is 1. The van der Waals surface area contributed by atoms with E-state index in [0.29, 0.717) is 11.1 Å². The highest BCUT2D eigenvalue weighted by atomic mass is 35.5. The highest BCUT2D eigenvalue weighted by Gasteiger charge is 1.86. The first-order chi connectivity index (χ1) is 8.11. The molecule has 0 radical (unpaired) electrons. The van der Waals surface area contributed by atoms with Crippen molar-refractivity contribution >= 4 is 17.7 Å². The van der Waals surface area contributed by atoms with Gasteiger partial charge in [-0.15, -0.1) is 0 Å². The van der Waals surface area contributed by atoms with Crippen molar-refractivity contribution in [1.29, 1.82) is 0 Å². The third-order valence-electron chi connectivity index (χ3n) is 1.76. The fourth-order valence-corrected chi connectivity index (χ4v) is 1.17. The van der Waals surface area contributed by atoms with Gasteiger partial charge in [0.15, 0.2) is 5.82 Å². The Hall–Kier alpha value is -1.81. The van der Waals surface area contributed by atoms with Crippen LogP contribution in [0.2, 0.25) is 5.28 Å². The third-order valence-corrected chi connectivity index (χ3v) is 1.94. The van der Waals surface area contributed by atoms with E-state index in [4.69, 9.17) is 11.6 Å². The number of aromatic nitrogens is 4. The second-order valence-corrected chi connectivity index (χ2v) is 3.57. The van der Waals surface area contributed by atoms with Gasteiger partial charge in [0.1, 0.15) is 0 Å². The lowest BCUT2D eigenvalue weighted by Crippen LogP contribution is -1.87. The van der Waals surface area contributed by atoms with Crippen molar-refractivity contribution in [2.24, 2.45) is 0 Å². The standard InChI is InChI=1S/C7H8N2.C5H5ClN2/c1-3-7-8-5-4-6(2)9-7;1-4-2-3-7-5(6)8-4/h3-5H,1H2,2H3;2-3H,1H3. The number of aryl methyl sites for hydroxylation is 2. The first-order valence-electron chi connectivity index (χ1n) is 4.99. The molecular weight excluding hydrogens is 236 g/mol. The van der Waals surface area contributed by atoms with Crippen molar-refractivity contribution < 1.29 is 0 Å². The Morgan fingerprint density at radius 3 is 2.00 bits per heavy atom. The molecule has 0 bridgehead atoms. The van der Waals surface area contributed by atoms with Crippen LogP contribution in [0.3, 0.4) is 0 Å². The third kappa shape index (κ3) is 5.17. The van der Waals surface area contributed by atoms with Crippen LogP contribution >= 0.6 is 11.6 Å². The van der Waals surface area contributed by atoms with Gasteiger partial charge in [0.2, 0.25) is 5.28 Å². The quantitative estimate of drug-likeness (QED) is 0.729. The van der Waals surface area contributed by atoms with E-state index in [1.165, 1.54) is 0 Å². The highest BCUT2D eigenvalue weighted by molar-refractivity contribution is 6.28. The minimum atomic E-state index is 0.310. The van der Waals surface area contributed by atoms with Crippen LogP contribution in [0.15, 0.2) is 31.1 Å². The van der Waals surface area contributed by atoms with Crippen LogP contribution in [-0.2, 0) is 0 Å². The van der Waals surface area contributed by atoms with Crippen molar-refractivity contribution in [2.75, 3.05) is 0 Å². The maximum absolute atomic E-state index is 5.42. The molecule has 0 saturated heterocycles. The molecule has 0 unspecified atom stereocenters. The molecule has 5 heteroatoms. The van der Waals surface area contributed by atoms with Gasteiger partial charge in [-0.05, 0) is 43.7 Å². The SMILES string of the molecule is C=Cc1nccc(C)n1.Cc1ccnc(Cl)n1. The van der Waals surface area contributed by atoms with E-state index in [-0.39, 0.29) is 0 Å². The number of hydrogen-bond acceptors (Lipinski definition) is 4. The monoisotopic (exact) mass is 248 g/mol. The number of hydrogen-bond donors (Lipinski definition) is 0. The number of nitrogens with zero attached hydrogens (tertiary/aromatic N) is 4. The Morgan fingerprint density at radius 2 is 1.65 bits per heavy atom. The molecule has 0 N–H and O–H groups in total. The second-order valence-electron chi connectivity index (χ2n) is 3.23. The van der Waals surface area contributed by atoms with Crippen LogP contribution < -0.4 is 0 Å². The maximum atomic E-state index is 5.42. The maximum Gasteiger partial charge on any atom is 0.222 e. The summed E-state index contributed by atoms with van der Waals surface area (Å²) in [5.74, 6) is 0.690. The Kier molecular flexibility index (Phi) is 5.23. The predicted octanol–water partition coefficient (Wildman–Crippen LogP) is 2.87. The van der Waals surface area contributed by atoms with E-state index in [9.17, 15) is 0 Å². The molecule has 2 aromatic heterocycles. The summed E-state index contributed by atoms with van der Waals surface area (Å²) in [6, 6.07) is 3.65. The van der Waals surface area contributed by atoms with Gasteiger partial charge >= 0.3 is 0 Å². The molecule has 2 aromatic rings. The Morgan fingerprint density at radius 1 is 1.06 bits per heavy atom. The predicted molar refractivity (Wildman–Crippen MR) is 68.6 cm³/mol. The van der Waals surface area contributed by atoms with E-state index in [1.54, 1.807) is 24.5 Å². The largest absolute Gasteiger partial charge is 0.237 e. The van der Waals surface area contributed by atoms with E-state index in [2.05, 4.69) is 26.5 Å². The van der Waals surface area contributed by atoms with Crippen molar-refractivity contribution in [3.63, 3.8) is 0 Å². The first kappa shape index (κ1) is 13.3. The molecule has 0 aliphatic carbocycles. The lowest BCUT2D eigenvalue weighted by molar-refractivity contribution is 1.08. The molecular formula is C12H13ClN4. The zero-order valence-corrected chi connectivity index (χ0v) is 10.5. The molecule has 0 aromatic carbocycles. The van der Waals surface area contributed by atoms with Gasteiger partial charge in [-0.3, -0.25) is 0 Å². The molecule has 0 spiro atoms. The summed E-state index contributed by atoms with van der Waals surface area (Å²) in [5.41, 5.74) is 1.87. The van der Waals surface area contributed by atoms with Crippen LogP contribution in [0.5, 0.6) is 0 Å². The summed E-state index contributed by atoms with van der Waals surface area (Å²) in [7, 11) is 0. The van der Waals surface area contributed by atoms with Gasteiger partial charge in [-0.1, -0.05) is 6.58 Å². The molecule has 4 nitrogen and oxygen atoms in total. The van der Waals surface area contributed by atoms with Gasteiger partial charge in [0.05, 0.1) is 0 Å². The smallest absolute Gasteiger partial charge is 0.222 e. The van der Waals surface area contributed by atoms with Crippen LogP contribution in [0.4, 0.5) is 0 Å². The van der Waals surface area contributed by atoms with Gasteiger partial charge in [-0.2, -0.15) is 0 Å². The summed E-state index contributed by atoms with van der Waals surface area (Å²) < 4.78 is 0. The Bertz CT molecular complexity index is 482. The van der Waals surface area contributed by atoms with Crippen molar-refractivity contribution in [3.05, 3.63) is 53.6 Å². The van der Waals surface area contributed by atoms with E-state index >= 15 is 0 Å². The minimum absolute atomic E-state index is 0.310. The van der Waals surface area contributed by atoms with Gasteiger partial charge in [0.25, 0.3) is 0 Å². The average molecular weight is 249 g/mol. The van der Waals surface area contributed by atoms with E-state index in [1.807, 2.05) is 19.9 Å². The fourth-order valence-electron chi connectivity index (χ4n) is 0.985. The Labute approximate surface area is 105 Å². The molecule has 0 fully saturated rings. The summed E-state index contributed by atoms with van der Waals surface area (Å²) in [5, 5.41) is 0.310. The molecule has 0 atom stereocenters. The highest BCUT2D eigenvalue weighted by Crippen LogP contribution is 1.97. The number of rotatable bonds is 1. The molecule has 0 aliphatic heterocycles. The first-order valence-corrected chi connectivity index (χ1v) is 5.37. The van der Waals surface area contributed by atoms with Crippen molar-refractivity contribution in [1.82, 2.24) is 19.9 Å². The van der Waals surface area contributed by atoms with Crippen LogP contribution in [0, 0.1) is 13.8 Å². The lowest BCUT2D eigenvalue weighted by Gasteiger charge is -1.90. The second kappa shape index (κ2) is 6.70. The molecule has 2 heterocycles. The zero-order valence-electron chi connectivity index (χ0n) is 9.76. The van der Waals surface area contributed by atoms with Crippen LogP contribution in [0.1, 0.15) is 17.2 Å². The average Bonchev–Trinajstić information content (AvgIpc) is 2.29. The molecule has 0 amide bonds. The van der Waals surface area contributed by atoms with Gasteiger partial charge < -0.3 is 0 Å². The minimum Gasteiger partial charge on any atom is -0.237 e. The van der Waals surface area contributed by atoms with Crippen LogP contribution in [0.25, 0.3) is 6.08 Å². The summed E-state index contributed by atoms with van der Waals surface area (Å²) >= 11 is 5.42. The summed E-state index contributed by atoms with van der Waals surface area (Å²) in [6.45, 7) is 7.34. The topological polar surface area (TPSA) is 51.6 Å². The molecule has 88 valence electrons. The van der Waals surface area contributed by atoms with E-state index in [0.717, 1.165) is 11.4 Å². The summed E-state index contributed by atoms with van der Waals surface area (Å²) in [4.78, 5) is 15.5.